The molecule has 0 bridgehead atoms. The summed E-state index contributed by atoms with van der Waals surface area (Å²) in [6.07, 6.45) is 4.65. The Kier molecular flexibility index (Phi) is 6.01. The van der Waals surface area contributed by atoms with Gasteiger partial charge >= 0.3 is 0 Å². The second kappa shape index (κ2) is 8.43. The van der Waals surface area contributed by atoms with Crippen LogP contribution >= 0.6 is 0 Å². The molecule has 0 aliphatic carbocycles. The fourth-order valence-corrected chi connectivity index (χ4v) is 3.97. The molecule has 0 fully saturated rings. The smallest absolute Gasteiger partial charge is 0.120 e. The van der Waals surface area contributed by atoms with Crippen LogP contribution in [0.25, 0.3) is 11.1 Å². The molecule has 27 heavy (non-hydrogen) atoms. The third kappa shape index (κ3) is 4.08. The Morgan fingerprint density at radius 1 is 0.778 bits per heavy atom. The van der Waals surface area contributed by atoms with Crippen molar-refractivity contribution in [1.82, 2.24) is 0 Å². The molecule has 1 nitrogen and oxygen atoms in total. The van der Waals surface area contributed by atoms with E-state index in [4.69, 9.17) is 0 Å². The van der Waals surface area contributed by atoms with E-state index in [2.05, 4.69) is 75.4 Å². The summed E-state index contributed by atoms with van der Waals surface area (Å²) in [6.45, 7) is 6.65. The van der Waals surface area contributed by atoms with Crippen LogP contribution in [0.5, 0.6) is 5.75 Å². The van der Waals surface area contributed by atoms with Crippen LogP contribution in [-0.2, 0) is 11.8 Å². The molecule has 3 rings (SSSR count). The van der Waals surface area contributed by atoms with Gasteiger partial charge in [0.15, 0.2) is 0 Å². The molecule has 0 spiro atoms. The third-order valence-corrected chi connectivity index (χ3v) is 5.50. The van der Waals surface area contributed by atoms with Gasteiger partial charge in [0.25, 0.3) is 0 Å². The standard InChI is InChI=1S/C26H30O/c1-4-5-8-13-21-18-19-23(27)25(24(21)20-14-9-6-10-15-20)26(2,3)22-16-11-7-12-17-22/h6-7,9-12,14-19,27H,4-5,8,13H2,1-3H3. The summed E-state index contributed by atoms with van der Waals surface area (Å²) in [4.78, 5) is 0. The van der Waals surface area contributed by atoms with Crippen LogP contribution in [0.15, 0.2) is 72.8 Å². The Morgan fingerprint density at radius 3 is 2.04 bits per heavy atom. The molecule has 0 heterocycles. The fourth-order valence-electron chi connectivity index (χ4n) is 3.97. The van der Waals surface area contributed by atoms with E-state index in [-0.39, 0.29) is 5.41 Å². The summed E-state index contributed by atoms with van der Waals surface area (Å²) < 4.78 is 0. The lowest BCUT2D eigenvalue weighted by Gasteiger charge is -2.31. The lowest BCUT2D eigenvalue weighted by molar-refractivity contribution is 0.453. The van der Waals surface area contributed by atoms with Gasteiger partial charge in [0.05, 0.1) is 0 Å². The van der Waals surface area contributed by atoms with Gasteiger partial charge in [-0.1, -0.05) is 100 Å². The zero-order valence-electron chi connectivity index (χ0n) is 16.7. The quantitative estimate of drug-likeness (QED) is 0.446. The van der Waals surface area contributed by atoms with Gasteiger partial charge in [-0.05, 0) is 41.2 Å². The van der Waals surface area contributed by atoms with Crippen LogP contribution in [0.2, 0.25) is 0 Å². The summed E-state index contributed by atoms with van der Waals surface area (Å²) in [7, 11) is 0. The van der Waals surface area contributed by atoms with Crippen molar-refractivity contribution >= 4 is 0 Å². The largest absolute Gasteiger partial charge is 0.508 e. The number of hydrogen-bond acceptors (Lipinski definition) is 1. The monoisotopic (exact) mass is 358 g/mol. The second-order valence-electron chi connectivity index (χ2n) is 7.81. The summed E-state index contributed by atoms with van der Waals surface area (Å²) >= 11 is 0. The molecule has 0 aromatic heterocycles. The minimum Gasteiger partial charge on any atom is -0.508 e. The van der Waals surface area contributed by atoms with Crippen LogP contribution in [0.3, 0.4) is 0 Å². The maximum absolute atomic E-state index is 10.9. The summed E-state index contributed by atoms with van der Waals surface area (Å²) in [5.74, 6) is 0.377. The highest BCUT2D eigenvalue weighted by Crippen LogP contribution is 2.44. The first kappa shape index (κ1) is 19.2. The zero-order chi connectivity index (χ0) is 19.3. The predicted octanol–water partition coefficient (Wildman–Crippen LogP) is 7.12. The first-order chi connectivity index (χ1) is 13.1. The van der Waals surface area contributed by atoms with Crippen molar-refractivity contribution in [3.63, 3.8) is 0 Å². The number of aromatic hydroxyl groups is 1. The lowest BCUT2D eigenvalue weighted by Crippen LogP contribution is -2.21. The fraction of sp³-hybridized carbons (Fsp3) is 0.308. The Balaban J connectivity index is 2.21. The SMILES string of the molecule is CCCCCc1ccc(O)c(C(C)(C)c2ccccc2)c1-c1ccccc1. The van der Waals surface area contributed by atoms with Crippen molar-refractivity contribution in [2.45, 2.75) is 51.9 Å². The van der Waals surface area contributed by atoms with Gasteiger partial charge < -0.3 is 5.11 Å². The van der Waals surface area contributed by atoms with E-state index in [1.165, 1.54) is 41.5 Å². The minimum absolute atomic E-state index is 0.294. The van der Waals surface area contributed by atoms with Crippen molar-refractivity contribution in [3.05, 3.63) is 89.5 Å². The number of phenols is 1. The van der Waals surface area contributed by atoms with Crippen LogP contribution in [0.4, 0.5) is 0 Å². The molecule has 3 aromatic rings. The summed E-state index contributed by atoms with van der Waals surface area (Å²) in [6, 6.07) is 25.0. The predicted molar refractivity (Wildman–Crippen MR) is 115 cm³/mol. The Bertz CT molecular complexity index is 863. The molecule has 0 atom stereocenters. The first-order valence-electron chi connectivity index (χ1n) is 10.0. The van der Waals surface area contributed by atoms with Crippen LogP contribution in [0, 0.1) is 0 Å². The number of benzene rings is 3. The van der Waals surface area contributed by atoms with E-state index in [0.29, 0.717) is 5.75 Å². The van der Waals surface area contributed by atoms with Crippen molar-refractivity contribution in [1.29, 1.82) is 0 Å². The van der Waals surface area contributed by atoms with Gasteiger partial charge in [-0.2, -0.15) is 0 Å². The molecule has 1 N–H and O–H groups in total. The van der Waals surface area contributed by atoms with Crippen molar-refractivity contribution in [2.24, 2.45) is 0 Å². The van der Waals surface area contributed by atoms with Crippen LogP contribution in [-0.4, -0.2) is 5.11 Å². The molecule has 0 aliphatic heterocycles. The molecule has 0 saturated heterocycles. The molecule has 0 amide bonds. The summed E-state index contributed by atoms with van der Waals surface area (Å²) in [5.41, 5.74) is 5.64. The number of aryl methyl sites for hydroxylation is 1. The van der Waals surface area contributed by atoms with Gasteiger partial charge in [-0.15, -0.1) is 0 Å². The van der Waals surface area contributed by atoms with Crippen molar-refractivity contribution in [3.8, 4) is 16.9 Å². The van der Waals surface area contributed by atoms with E-state index >= 15 is 0 Å². The number of hydrogen-bond donors (Lipinski definition) is 1. The normalized spacial score (nSPS) is 11.5. The van der Waals surface area contributed by atoms with E-state index in [9.17, 15) is 5.11 Å². The zero-order valence-corrected chi connectivity index (χ0v) is 16.7. The highest BCUT2D eigenvalue weighted by molar-refractivity contribution is 5.76. The van der Waals surface area contributed by atoms with E-state index in [1.54, 1.807) is 0 Å². The minimum atomic E-state index is -0.294. The maximum atomic E-state index is 10.9. The topological polar surface area (TPSA) is 20.2 Å². The average molecular weight is 359 g/mol. The van der Waals surface area contributed by atoms with E-state index in [0.717, 1.165) is 12.0 Å². The van der Waals surface area contributed by atoms with E-state index < -0.39 is 0 Å². The average Bonchev–Trinajstić information content (AvgIpc) is 2.70. The van der Waals surface area contributed by atoms with Crippen LogP contribution < -0.4 is 0 Å². The number of phenolic OH excluding ortho intramolecular Hbond substituents is 1. The summed E-state index contributed by atoms with van der Waals surface area (Å²) in [5, 5.41) is 10.9. The van der Waals surface area contributed by atoms with Gasteiger partial charge in [0, 0.05) is 11.0 Å². The van der Waals surface area contributed by atoms with Crippen molar-refractivity contribution < 1.29 is 5.11 Å². The van der Waals surface area contributed by atoms with Gasteiger partial charge in [0.1, 0.15) is 5.75 Å². The maximum Gasteiger partial charge on any atom is 0.120 e. The highest BCUT2D eigenvalue weighted by atomic mass is 16.3. The van der Waals surface area contributed by atoms with Gasteiger partial charge in [-0.25, -0.2) is 0 Å². The second-order valence-corrected chi connectivity index (χ2v) is 7.81. The molecule has 0 radical (unpaired) electrons. The Morgan fingerprint density at radius 2 is 1.41 bits per heavy atom. The molecule has 0 aliphatic rings. The molecule has 140 valence electrons. The number of unbranched alkanes of at least 4 members (excludes halogenated alkanes) is 2. The van der Waals surface area contributed by atoms with Crippen molar-refractivity contribution in [2.75, 3.05) is 0 Å². The molecule has 3 aromatic carbocycles. The van der Waals surface area contributed by atoms with Gasteiger partial charge in [-0.3, -0.25) is 0 Å². The number of rotatable bonds is 7. The molecule has 0 unspecified atom stereocenters. The molecular weight excluding hydrogens is 328 g/mol. The Labute approximate surface area is 163 Å². The molecular formula is C26H30O. The lowest BCUT2D eigenvalue weighted by atomic mass is 9.73. The third-order valence-electron chi connectivity index (χ3n) is 5.50. The van der Waals surface area contributed by atoms with Crippen LogP contribution in [0.1, 0.15) is 56.7 Å². The van der Waals surface area contributed by atoms with Gasteiger partial charge in [0.2, 0.25) is 0 Å². The first-order valence-corrected chi connectivity index (χ1v) is 10.0. The molecule has 1 heteroatoms. The molecule has 0 saturated carbocycles. The highest BCUT2D eigenvalue weighted by Gasteiger charge is 2.30. The Hall–Kier alpha value is -2.54. The van der Waals surface area contributed by atoms with E-state index in [1.807, 2.05) is 18.2 Å².